The van der Waals surface area contributed by atoms with Gasteiger partial charge in [0.1, 0.15) is 17.3 Å². The highest BCUT2D eigenvalue weighted by Crippen LogP contribution is 2.49. The summed E-state index contributed by atoms with van der Waals surface area (Å²) < 4.78 is 45.5. The maximum atomic E-state index is 15.3. The Labute approximate surface area is 159 Å². The van der Waals surface area contributed by atoms with E-state index in [1.165, 1.54) is 19.0 Å². The number of amidine groups is 1. The number of nitrogens with zero attached hydrogens (tertiary/aromatic N) is 3. The first kappa shape index (κ1) is 17.1. The van der Waals surface area contributed by atoms with Crippen LogP contribution in [-0.2, 0) is 5.92 Å². The van der Waals surface area contributed by atoms with Crippen LogP contribution >= 0.6 is 0 Å². The number of nitrogens with one attached hydrogen (secondary N) is 1. The van der Waals surface area contributed by atoms with Crippen LogP contribution in [0.5, 0.6) is 0 Å². The minimum Gasteiger partial charge on any atom is -0.384 e. The van der Waals surface area contributed by atoms with Gasteiger partial charge in [-0.05, 0) is 48.7 Å². The fraction of sp³-hybridized carbons (Fsp3) is 0.300. The predicted octanol–water partition coefficient (Wildman–Crippen LogP) is 3.37. The molecule has 0 amide bonds. The van der Waals surface area contributed by atoms with Gasteiger partial charge in [0.25, 0.3) is 0 Å². The topological polar surface area (TPSA) is 70.9 Å². The van der Waals surface area contributed by atoms with Crippen LogP contribution in [0.15, 0.2) is 36.7 Å². The lowest BCUT2D eigenvalue weighted by atomic mass is 9.97. The van der Waals surface area contributed by atoms with Gasteiger partial charge in [0, 0.05) is 24.2 Å². The van der Waals surface area contributed by atoms with Crippen LogP contribution in [0.4, 0.5) is 13.2 Å². The zero-order chi connectivity index (χ0) is 19.6. The average molecular weight is 385 g/mol. The second-order valence-corrected chi connectivity index (χ2v) is 7.53. The summed E-state index contributed by atoms with van der Waals surface area (Å²) in [7, 11) is 0. The van der Waals surface area contributed by atoms with Crippen LogP contribution in [0.1, 0.15) is 35.2 Å². The van der Waals surface area contributed by atoms with Gasteiger partial charge in [0.05, 0.1) is 17.4 Å². The summed E-state index contributed by atoms with van der Waals surface area (Å²) in [5, 5.41) is 11.8. The molecule has 2 aliphatic heterocycles. The zero-order valence-corrected chi connectivity index (χ0v) is 14.9. The van der Waals surface area contributed by atoms with Crippen molar-refractivity contribution in [2.24, 2.45) is 11.7 Å². The van der Waals surface area contributed by atoms with Gasteiger partial charge in [-0.15, -0.1) is 0 Å². The van der Waals surface area contributed by atoms with E-state index in [1.807, 2.05) is 18.4 Å². The molecule has 1 saturated carbocycles. The number of nitrogens with two attached hydrogens (primary N) is 1. The van der Waals surface area contributed by atoms with E-state index in [4.69, 9.17) is 11.1 Å². The van der Waals surface area contributed by atoms with Crippen molar-refractivity contribution in [2.75, 3.05) is 13.1 Å². The number of aromatic nitrogens is 2. The van der Waals surface area contributed by atoms with Crippen molar-refractivity contribution in [3.8, 4) is 5.69 Å². The SMILES string of the molecule is N=C(N)c1cc(F)cc2c1-n1ncc(C3=CCN(CC4CC4)C=C3)c1C2(F)F. The van der Waals surface area contributed by atoms with Crippen LogP contribution in [0.25, 0.3) is 11.3 Å². The molecule has 3 heterocycles. The van der Waals surface area contributed by atoms with E-state index in [9.17, 15) is 4.39 Å². The second-order valence-electron chi connectivity index (χ2n) is 7.53. The molecule has 1 aliphatic carbocycles. The number of rotatable bonds is 4. The molecule has 0 spiro atoms. The van der Waals surface area contributed by atoms with Gasteiger partial charge in [0.15, 0.2) is 0 Å². The predicted molar refractivity (Wildman–Crippen MR) is 98.9 cm³/mol. The number of benzene rings is 1. The summed E-state index contributed by atoms with van der Waals surface area (Å²) in [6.45, 7) is 1.63. The van der Waals surface area contributed by atoms with Crippen molar-refractivity contribution in [1.82, 2.24) is 14.7 Å². The van der Waals surface area contributed by atoms with E-state index in [2.05, 4.69) is 10.00 Å². The van der Waals surface area contributed by atoms with Crippen LogP contribution in [-0.4, -0.2) is 33.6 Å². The quantitative estimate of drug-likeness (QED) is 0.626. The summed E-state index contributed by atoms with van der Waals surface area (Å²) in [6, 6.07) is 1.78. The van der Waals surface area contributed by atoms with Gasteiger partial charge >= 0.3 is 5.92 Å². The summed E-state index contributed by atoms with van der Waals surface area (Å²) in [6.07, 6.45) is 9.54. The standard InChI is InChI=1S/C20H18F3N5/c21-13-7-14(19(24)25)17-16(8-13)20(22,23)18-15(9-26-28(17)18)12-3-5-27(6-4-12)10-11-1-2-11/h3-5,7-9,11H,1-2,6,10H2,(H3,24,25). The highest BCUT2D eigenvalue weighted by Gasteiger charge is 2.49. The Morgan fingerprint density at radius 2 is 2.11 bits per heavy atom. The van der Waals surface area contributed by atoms with Crippen LogP contribution in [0.2, 0.25) is 0 Å². The molecule has 28 heavy (non-hydrogen) atoms. The Hall–Kier alpha value is -3.03. The summed E-state index contributed by atoms with van der Waals surface area (Å²) in [5.41, 5.74) is 5.52. The number of allylic oxidation sites excluding steroid dienone is 2. The molecular weight excluding hydrogens is 367 g/mol. The lowest BCUT2D eigenvalue weighted by Gasteiger charge is -2.23. The van der Waals surface area contributed by atoms with Crippen molar-refractivity contribution in [3.63, 3.8) is 0 Å². The second kappa shape index (κ2) is 5.73. The lowest BCUT2D eigenvalue weighted by molar-refractivity contribution is 0.0435. The largest absolute Gasteiger partial charge is 0.384 e. The third kappa shape index (κ3) is 2.47. The molecule has 5 nitrogen and oxygen atoms in total. The molecule has 0 saturated heterocycles. The van der Waals surface area contributed by atoms with Gasteiger partial charge in [-0.25, -0.2) is 9.07 Å². The molecule has 0 radical (unpaired) electrons. The zero-order valence-electron chi connectivity index (χ0n) is 14.9. The fourth-order valence-corrected chi connectivity index (χ4v) is 3.93. The van der Waals surface area contributed by atoms with E-state index in [-0.39, 0.29) is 16.9 Å². The minimum atomic E-state index is -3.44. The fourth-order valence-electron chi connectivity index (χ4n) is 3.93. The Balaban J connectivity index is 1.58. The molecule has 1 aromatic carbocycles. The van der Waals surface area contributed by atoms with Gasteiger partial charge in [-0.2, -0.15) is 13.9 Å². The number of halogens is 3. The van der Waals surface area contributed by atoms with E-state index in [0.29, 0.717) is 17.7 Å². The van der Waals surface area contributed by atoms with Crippen LogP contribution in [0.3, 0.4) is 0 Å². The number of fused-ring (bicyclic) bond motifs is 3. The van der Waals surface area contributed by atoms with Crippen molar-refractivity contribution in [1.29, 1.82) is 5.41 Å². The van der Waals surface area contributed by atoms with Crippen molar-refractivity contribution in [2.45, 2.75) is 18.8 Å². The van der Waals surface area contributed by atoms with Crippen molar-refractivity contribution >= 4 is 11.4 Å². The molecule has 0 bridgehead atoms. The Kier molecular flexibility index (Phi) is 3.50. The average Bonchev–Trinajstić information content (AvgIpc) is 3.30. The summed E-state index contributed by atoms with van der Waals surface area (Å²) in [4.78, 5) is 2.17. The first-order valence-corrected chi connectivity index (χ1v) is 9.14. The summed E-state index contributed by atoms with van der Waals surface area (Å²) >= 11 is 0. The van der Waals surface area contributed by atoms with Gasteiger partial charge in [0.2, 0.25) is 0 Å². The molecule has 3 aliphatic rings. The Morgan fingerprint density at radius 3 is 2.75 bits per heavy atom. The minimum absolute atomic E-state index is 0.0316. The number of hydrogen-bond acceptors (Lipinski definition) is 3. The lowest BCUT2D eigenvalue weighted by Crippen LogP contribution is -2.22. The van der Waals surface area contributed by atoms with Crippen molar-refractivity contribution in [3.05, 3.63) is 64.9 Å². The first-order chi connectivity index (χ1) is 13.4. The van der Waals surface area contributed by atoms with Gasteiger partial charge in [-0.3, -0.25) is 5.41 Å². The van der Waals surface area contributed by atoms with E-state index in [1.54, 1.807) is 0 Å². The van der Waals surface area contributed by atoms with E-state index < -0.39 is 23.1 Å². The highest BCUT2D eigenvalue weighted by atomic mass is 19.3. The molecule has 1 aromatic heterocycles. The molecule has 5 rings (SSSR count). The van der Waals surface area contributed by atoms with E-state index >= 15 is 8.78 Å². The molecule has 2 aromatic rings. The molecular formula is C20H18F3N5. The molecule has 0 atom stereocenters. The maximum Gasteiger partial charge on any atom is 0.317 e. The van der Waals surface area contributed by atoms with Gasteiger partial charge < -0.3 is 10.6 Å². The molecule has 0 unspecified atom stereocenters. The normalized spacial score (nSPS) is 19.4. The number of hydrogen-bond donors (Lipinski definition) is 2. The van der Waals surface area contributed by atoms with Gasteiger partial charge in [-0.1, -0.05) is 6.08 Å². The molecule has 8 heteroatoms. The highest BCUT2D eigenvalue weighted by molar-refractivity contribution is 5.99. The Bertz CT molecular complexity index is 1060. The van der Waals surface area contributed by atoms with Crippen LogP contribution in [0, 0.1) is 17.1 Å². The summed E-state index contributed by atoms with van der Waals surface area (Å²) in [5.74, 6) is -4.04. The molecule has 144 valence electrons. The smallest absolute Gasteiger partial charge is 0.317 e. The number of alkyl halides is 2. The van der Waals surface area contributed by atoms with Crippen molar-refractivity contribution < 1.29 is 13.2 Å². The van der Waals surface area contributed by atoms with E-state index in [0.717, 1.165) is 29.3 Å². The molecule has 3 N–H and O–H groups in total. The monoisotopic (exact) mass is 385 g/mol. The third-order valence-electron chi connectivity index (χ3n) is 5.49. The maximum absolute atomic E-state index is 15.3. The number of nitrogen functional groups attached to an aromatic ring is 1. The van der Waals surface area contributed by atoms with Crippen LogP contribution < -0.4 is 5.73 Å². The Morgan fingerprint density at radius 1 is 1.32 bits per heavy atom. The third-order valence-corrected chi connectivity index (χ3v) is 5.49. The molecule has 1 fully saturated rings. The first-order valence-electron chi connectivity index (χ1n) is 9.14.